The molecule has 2 rings (SSSR count). The van der Waals surface area contributed by atoms with Gasteiger partial charge in [0.25, 0.3) is 0 Å². The summed E-state index contributed by atoms with van der Waals surface area (Å²) in [5.41, 5.74) is 1.66. The minimum atomic E-state index is -0.851. The zero-order valence-electron chi connectivity index (χ0n) is 9.18. The number of rotatable bonds is 4. The number of halogens is 1. The number of nitrogens with zero attached hydrogens (tertiary/aromatic N) is 2. The largest absolute Gasteiger partial charge is 0.481 e. The number of aryl methyl sites for hydroxylation is 1. The number of para-hydroxylation sites is 1. The molecule has 0 fully saturated rings. The summed E-state index contributed by atoms with van der Waals surface area (Å²) in [6.07, 6.45) is 0. The number of imidazole rings is 1. The molecule has 1 aromatic heterocycles. The predicted octanol–water partition coefficient (Wildman–Crippen LogP) is 2.89. The van der Waals surface area contributed by atoms with E-state index in [-0.39, 0.29) is 5.75 Å². The van der Waals surface area contributed by atoms with Crippen molar-refractivity contribution < 1.29 is 9.90 Å². The zero-order chi connectivity index (χ0) is 12.4. The van der Waals surface area contributed by atoms with Gasteiger partial charge < -0.3 is 9.67 Å². The summed E-state index contributed by atoms with van der Waals surface area (Å²) in [7, 11) is 0. The van der Waals surface area contributed by atoms with Crippen molar-refractivity contribution in [3.05, 3.63) is 23.2 Å². The van der Waals surface area contributed by atoms with Gasteiger partial charge in [0.05, 0.1) is 16.3 Å². The molecular weight excluding hydrogens is 260 g/mol. The van der Waals surface area contributed by atoms with Gasteiger partial charge in [-0.2, -0.15) is 0 Å². The molecule has 0 bridgehead atoms. The molecule has 0 saturated heterocycles. The van der Waals surface area contributed by atoms with Gasteiger partial charge in [0, 0.05) is 6.54 Å². The molecule has 0 aliphatic carbocycles. The predicted molar refractivity (Wildman–Crippen MR) is 68.8 cm³/mol. The van der Waals surface area contributed by atoms with E-state index in [1.165, 1.54) is 11.8 Å². The van der Waals surface area contributed by atoms with Crippen LogP contribution >= 0.6 is 23.4 Å². The molecule has 6 heteroatoms. The molecule has 0 atom stereocenters. The monoisotopic (exact) mass is 270 g/mol. The minimum Gasteiger partial charge on any atom is -0.481 e. The first-order chi connectivity index (χ1) is 8.13. The first-order valence-corrected chi connectivity index (χ1v) is 6.49. The van der Waals surface area contributed by atoms with Crippen LogP contribution in [0.2, 0.25) is 5.02 Å². The molecule has 0 aliphatic rings. The molecule has 1 aromatic carbocycles. The Hall–Kier alpha value is -1.20. The topological polar surface area (TPSA) is 55.1 Å². The number of carboxylic acid groups (broad SMARTS) is 1. The number of aliphatic carboxylic acids is 1. The van der Waals surface area contributed by atoms with Crippen molar-refractivity contribution in [2.75, 3.05) is 5.75 Å². The van der Waals surface area contributed by atoms with Crippen LogP contribution in [0.25, 0.3) is 11.0 Å². The fourth-order valence-electron chi connectivity index (χ4n) is 1.63. The third-order valence-electron chi connectivity index (χ3n) is 2.34. The van der Waals surface area contributed by atoms with Gasteiger partial charge >= 0.3 is 5.97 Å². The van der Waals surface area contributed by atoms with Crippen molar-refractivity contribution in [2.24, 2.45) is 0 Å². The van der Waals surface area contributed by atoms with Gasteiger partial charge in [0.1, 0.15) is 5.52 Å². The third-order valence-corrected chi connectivity index (χ3v) is 3.60. The van der Waals surface area contributed by atoms with Crippen LogP contribution in [-0.4, -0.2) is 26.4 Å². The second kappa shape index (κ2) is 4.98. The van der Waals surface area contributed by atoms with Crippen LogP contribution in [0.3, 0.4) is 0 Å². The maximum absolute atomic E-state index is 10.6. The maximum Gasteiger partial charge on any atom is 0.313 e. The van der Waals surface area contributed by atoms with Crippen molar-refractivity contribution in [3.63, 3.8) is 0 Å². The highest BCUT2D eigenvalue weighted by Crippen LogP contribution is 2.28. The molecule has 17 heavy (non-hydrogen) atoms. The van der Waals surface area contributed by atoms with E-state index in [4.69, 9.17) is 16.7 Å². The fraction of sp³-hybridized carbons (Fsp3) is 0.273. The Morgan fingerprint density at radius 1 is 1.59 bits per heavy atom. The summed E-state index contributed by atoms with van der Waals surface area (Å²) >= 11 is 7.27. The van der Waals surface area contributed by atoms with Gasteiger partial charge in [-0.1, -0.05) is 29.4 Å². The lowest BCUT2D eigenvalue weighted by atomic mass is 10.3. The number of fused-ring (bicyclic) bond motifs is 1. The van der Waals surface area contributed by atoms with Crippen LogP contribution in [-0.2, 0) is 11.3 Å². The smallest absolute Gasteiger partial charge is 0.313 e. The van der Waals surface area contributed by atoms with E-state index in [0.717, 1.165) is 17.6 Å². The first kappa shape index (κ1) is 12.3. The zero-order valence-corrected chi connectivity index (χ0v) is 10.8. The van der Waals surface area contributed by atoms with Crippen molar-refractivity contribution in [2.45, 2.75) is 18.6 Å². The SMILES string of the molecule is CCn1c(SCC(=O)O)nc2c(Cl)cccc21. The Bertz CT molecular complexity index is 568. The molecule has 0 saturated carbocycles. The molecule has 2 aromatic rings. The average Bonchev–Trinajstić information content (AvgIpc) is 2.65. The van der Waals surface area contributed by atoms with Crippen LogP contribution in [0.5, 0.6) is 0 Å². The molecule has 1 N–H and O–H groups in total. The van der Waals surface area contributed by atoms with Crippen molar-refractivity contribution >= 4 is 40.4 Å². The van der Waals surface area contributed by atoms with E-state index in [0.29, 0.717) is 10.2 Å². The van der Waals surface area contributed by atoms with E-state index in [9.17, 15) is 4.79 Å². The maximum atomic E-state index is 10.6. The van der Waals surface area contributed by atoms with E-state index in [2.05, 4.69) is 4.98 Å². The van der Waals surface area contributed by atoms with E-state index < -0.39 is 5.97 Å². The van der Waals surface area contributed by atoms with E-state index in [1.807, 2.05) is 23.6 Å². The Morgan fingerprint density at radius 3 is 3.00 bits per heavy atom. The summed E-state index contributed by atoms with van der Waals surface area (Å²) < 4.78 is 1.97. The van der Waals surface area contributed by atoms with Crippen LogP contribution in [0.1, 0.15) is 6.92 Å². The summed E-state index contributed by atoms with van der Waals surface area (Å²) in [4.78, 5) is 15.0. The number of aromatic nitrogens is 2. The molecule has 90 valence electrons. The van der Waals surface area contributed by atoms with Gasteiger partial charge in [0.2, 0.25) is 0 Å². The number of carboxylic acids is 1. The molecule has 0 aliphatic heterocycles. The molecule has 0 spiro atoms. The Morgan fingerprint density at radius 2 is 2.35 bits per heavy atom. The fourth-order valence-corrected chi connectivity index (χ4v) is 2.64. The lowest BCUT2D eigenvalue weighted by Gasteiger charge is -2.03. The standard InChI is InChI=1S/C11H11ClN2O2S/c1-2-14-8-5-3-4-7(12)10(8)13-11(14)17-6-9(15)16/h3-5H,2,6H2,1H3,(H,15,16). The number of hydrogen-bond donors (Lipinski definition) is 1. The summed E-state index contributed by atoms with van der Waals surface area (Å²) in [5, 5.41) is 9.97. The van der Waals surface area contributed by atoms with Gasteiger partial charge in [-0.05, 0) is 19.1 Å². The number of thioether (sulfide) groups is 1. The summed E-state index contributed by atoms with van der Waals surface area (Å²) in [5.74, 6) is -0.850. The lowest BCUT2D eigenvalue weighted by Crippen LogP contribution is -2.01. The molecule has 0 radical (unpaired) electrons. The Balaban J connectivity index is 2.48. The van der Waals surface area contributed by atoms with Gasteiger partial charge in [0.15, 0.2) is 5.16 Å². The third kappa shape index (κ3) is 2.40. The second-order valence-electron chi connectivity index (χ2n) is 3.43. The average molecular weight is 271 g/mol. The quantitative estimate of drug-likeness (QED) is 0.868. The van der Waals surface area contributed by atoms with Crippen molar-refractivity contribution in [3.8, 4) is 0 Å². The van der Waals surface area contributed by atoms with Crippen LogP contribution in [0, 0.1) is 0 Å². The minimum absolute atomic E-state index is 0.000933. The molecule has 0 unspecified atom stereocenters. The lowest BCUT2D eigenvalue weighted by molar-refractivity contribution is -0.133. The molecule has 4 nitrogen and oxygen atoms in total. The van der Waals surface area contributed by atoms with Gasteiger partial charge in [-0.15, -0.1) is 0 Å². The highest BCUT2D eigenvalue weighted by Gasteiger charge is 2.13. The highest BCUT2D eigenvalue weighted by atomic mass is 35.5. The first-order valence-electron chi connectivity index (χ1n) is 5.12. The summed E-state index contributed by atoms with van der Waals surface area (Å²) in [6.45, 7) is 2.73. The van der Waals surface area contributed by atoms with Crippen LogP contribution in [0.15, 0.2) is 23.4 Å². The van der Waals surface area contributed by atoms with E-state index in [1.54, 1.807) is 6.07 Å². The Kier molecular flexibility index (Phi) is 3.59. The van der Waals surface area contributed by atoms with Crippen LogP contribution < -0.4 is 0 Å². The normalized spacial score (nSPS) is 10.9. The number of benzene rings is 1. The van der Waals surface area contributed by atoms with Crippen molar-refractivity contribution in [1.82, 2.24) is 9.55 Å². The van der Waals surface area contributed by atoms with Crippen LogP contribution in [0.4, 0.5) is 0 Å². The number of carbonyl (C=O) groups is 1. The van der Waals surface area contributed by atoms with Gasteiger partial charge in [-0.3, -0.25) is 4.79 Å². The molecule has 0 amide bonds. The Labute approximate surface area is 108 Å². The summed E-state index contributed by atoms with van der Waals surface area (Å²) in [6, 6.07) is 5.58. The van der Waals surface area contributed by atoms with Crippen molar-refractivity contribution in [1.29, 1.82) is 0 Å². The van der Waals surface area contributed by atoms with Gasteiger partial charge in [-0.25, -0.2) is 4.98 Å². The molecular formula is C11H11ClN2O2S. The number of hydrogen-bond acceptors (Lipinski definition) is 3. The second-order valence-corrected chi connectivity index (χ2v) is 4.78. The molecule has 1 heterocycles. The van der Waals surface area contributed by atoms with E-state index >= 15 is 0 Å². The highest BCUT2D eigenvalue weighted by molar-refractivity contribution is 7.99.